The molecule has 2 unspecified atom stereocenters. The van der Waals surface area contributed by atoms with E-state index in [4.69, 9.17) is 10.5 Å². The maximum Gasteiger partial charge on any atom is 0.338 e. The van der Waals surface area contributed by atoms with Crippen molar-refractivity contribution in [2.75, 3.05) is 11.5 Å². The van der Waals surface area contributed by atoms with E-state index < -0.39 is 6.03 Å². The molecule has 0 saturated carbocycles. The molecule has 3 N–H and O–H groups in total. The van der Waals surface area contributed by atoms with Crippen molar-refractivity contribution in [2.24, 2.45) is 5.73 Å². The van der Waals surface area contributed by atoms with E-state index in [-0.39, 0.29) is 18.1 Å². The van der Waals surface area contributed by atoms with Gasteiger partial charge in [-0.05, 0) is 12.1 Å². The highest BCUT2D eigenvalue weighted by Gasteiger charge is 2.32. The van der Waals surface area contributed by atoms with Crippen LogP contribution < -0.4 is 11.1 Å². The molecule has 18 heavy (non-hydrogen) atoms. The predicted molar refractivity (Wildman–Crippen MR) is 69.5 cm³/mol. The van der Waals surface area contributed by atoms with Crippen LogP contribution >= 0.6 is 11.8 Å². The van der Waals surface area contributed by atoms with E-state index in [1.165, 1.54) is 0 Å². The van der Waals surface area contributed by atoms with Crippen molar-refractivity contribution in [2.45, 2.75) is 12.1 Å². The molecule has 2 amide bonds. The molecule has 5 nitrogen and oxygen atoms in total. The number of urea groups is 1. The number of hydrogen-bond acceptors (Lipinski definition) is 4. The van der Waals surface area contributed by atoms with Crippen LogP contribution in [0.4, 0.5) is 4.79 Å². The third-order valence-electron chi connectivity index (χ3n) is 2.62. The van der Waals surface area contributed by atoms with Gasteiger partial charge in [-0.3, -0.25) is 0 Å². The third-order valence-corrected chi connectivity index (χ3v) is 3.78. The lowest BCUT2D eigenvalue weighted by atomic mass is 10.2. The topological polar surface area (TPSA) is 81.4 Å². The minimum Gasteiger partial charge on any atom is -0.456 e. The Hall–Kier alpha value is -1.69. The number of thioether (sulfide) groups is 1. The van der Waals surface area contributed by atoms with E-state index in [0.29, 0.717) is 17.1 Å². The van der Waals surface area contributed by atoms with Crippen molar-refractivity contribution in [3.63, 3.8) is 0 Å². The molecule has 1 aromatic rings. The molecule has 0 aromatic heterocycles. The van der Waals surface area contributed by atoms with E-state index in [1.807, 2.05) is 6.07 Å². The maximum atomic E-state index is 11.9. The highest BCUT2D eigenvalue weighted by molar-refractivity contribution is 7.99. The summed E-state index contributed by atoms with van der Waals surface area (Å²) in [6.07, 6.45) is -0.324. The summed E-state index contributed by atoms with van der Waals surface area (Å²) in [6, 6.07) is 7.98. The van der Waals surface area contributed by atoms with Crippen LogP contribution in [0.25, 0.3) is 0 Å². The van der Waals surface area contributed by atoms with E-state index >= 15 is 0 Å². The molecule has 1 fully saturated rings. The van der Waals surface area contributed by atoms with Crippen LogP contribution in [-0.4, -0.2) is 35.7 Å². The van der Waals surface area contributed by atoms with Gasteiger partial charge >= 0.3 is 12.0 Å². The standard InChI is InChI=1S/C12H14N2O3S/c13-12(16)14-9-6-18-7-10(9)17-11(15)8-4-2-1-3-5-8/h1-5,9-10H,6-7H2,(H3,13,14,16). The lowest BCUT2D eigenvalue weighted by Gasteiger charge is -2.19. The molecular weight excluding hydrogens is 252 g/mol. The van der Waals surface area contributed by atoms with Gasteiger partial charge in [-0.25, -0.2) is 9.59 Å². The quantitative estimate of drug-likeness (QED) is 0.800. The van der Waals surface area contributed by atoms with Gasteiger partial charge < -0.3 is 15.8 Å². The Kier molecular flexibility index (Phi) is 4.09. The number of esters is 1. The van der Waals surface area contributed by atoms with E-state index in [9.17, 15) is 9.59 Å². The van der Waals surface area contributed by atoms with Crippen LogP contribution in [0, 0.1) is 0 Å². The molecule has 1 saturated heterocycles. The number of hydrogen-bond donors (Lipinski definition) is 2. The average Bonchev–Trinajstić information content (AvgIpc) is 2.77. The second-order valence-corrected chi connectivity index (χ2v) is 5.04. The zero-order valence-corrected chi connectivity index (χ0v) is 10.5. The Labute approximate surface area is 109 Å². The normalized spacial score (nSPS) is 22.4. The van der Waals surface area contributed by atoms with Crippen LogP contribution in [-0.2, 0) is 4.74 Å². The summed E-state index contributed by atoms with van der Waals surface area (Å²) >= 11 is 1.62. The fourth-order valence-corrected chi connectivity index (χ4v) is 2.97. The first-order valence-corrected chi connectivity index (χ1v) is 6.72. The SMILES string of the molecule is NC(=O)NC1CSCC1OC(=O)c1ccccc1. The van der Waals surface area contributed by atoms with Crippen LogP contribution in [0.1, 0.15) is 10.4 Å². The molecule has 2 rings (SSSR count). The summed E-state index contributed by atoms with van der Waals surface area (Å²) in [7, 11) is 0. The predicted octanol–water partition coefficient (Wildman–Crippen LogP) is 0.996. The van der Waals surface area contributed by atoms with Crippen LogP contribution in [0.2, 0.25) is 0 Å². The number of nitrogens with one attached hydrogen (secondary N) is 1. The number of ether oxygens (including phenoxy) is 1. The first kappa shape index (κ1) is 12.8. The summed E-state index contributed by atoms with van der Waals surface area (Å²) in [4.78, 5) is 22.7. The monoisotopic (exact) mass is 266 g/mol. The number of carbonyl (C=O) groups is 2. The zero-order chi connectivity index (χ0) is 13.0. The Morgan fingerprint density at radius 3 is 2.67 bits per heavy atom. The van der Waals surface area contributed by atoms with Crippen molar-refractivity contribution in [3.05, 3.63) is 35.9 Å². The molecule has 0 radical (unpaired) electrons. The van der Waals surface area contributed by atoms with E-state index in [2.05, 4.69) is 5.32 Å². The molecular formula is C12H14N2O3S. The third kappa shape index (κ3) is 3.16. The van der Waals surface area contributed by atoms with Gasteiger partial charge in [0.1, 0.15) is 6.10 Å². The van der Waals surface area contributed by atoms with Crippen LogP contribution in [0.5, 0.6) is 0 Å². The highest BCUT2D eigenvalue weighted by atomic mass is 32.2. The van der Waals surface area contributed by atoms with Crippen LogP contribution in [0.15, 0.2) is 30.3 Å². The molecule has 0 aliphatic carbocycles. The fraction of sp³-hybridized carbons (Fsp3) is 0.333. The van der Waals surface area contributed by atoms with Crippen molar-refractivity contribution in [1.29, 1.82) is 0 Å². The summed E-state index contributed by atoms with van der Waals surface area (Å²) in [5.41, 5.74) is 5.58. The molecule has 6 heteroatoms. The molecule has 1 aliphatic rings. The van der Waals surface area contributed by atoms with Gasteiger partial charge in [0, 0.05) is 11.5 Å². The van der Waals surface area contributed by atoms with Crippen LogP contribution in [0.3, 0.4) is 0 Å². The van der Waals surface area contributed by atoms with E-state index in [1.54, 1.807) is 36.0 Å². The van der Waals surface area contributed by atoms with E-state index in [0.717, 1.165) is 0 Å². The molecule has 1 aliphatic heterocycles. The largest absolute Gasteiger partial charge is 0.456 e. The number of primary amides is 1. The first-order chi connectivity index (χ1) is 8.66. The fourth-order valence-electron chi connectivity index (χ4n) is 1.75. The Morgan fingerprint density at radius 2 is 2.00 bits per heavy atom. The lowest BCUT2D eigenvalue weighted by Crippen LogP contribution is -2.46. The van der Waals surface area contributed by atoms with Gasteiger partial charge in [-0.1, -0.05) is 18.2 Å². The minimum atomic E-state index is -0.594. The highest BCUT2D eigenvalue weighted by Crippen LogP contribution is 2.22. The second-order valence-electron chi connectivity index (χ2n) is 3.96. The van der Waals surface area contributed by atoms with Gasteiger partial charge in [-0.15, -0.1) is 0 Å². The Bertz CT molecular complexity index is 438. The summed E-state index contributed by atoms with van der Waals surface area (Å²) in [6.45, 7) is 0. The first-order valence-electron chi connectivity index (χ1n) is 5.56. The maximum absolute atomic E-state index is 11.9. The minimum absolute atomic E-state index is 0.208. The molecule has 2 atom stereocenters. The van der Waals surface area contributed by atoms with Crippen molar-refractivity contribution >= 4 is 23.8 Å². The number of nitrogens with two attached hydrogens (primary N) is 1. The second kappa shape index (κ2) is 5.77. The van der Waals surface area contributed by atoms with Crippen molar-refractivity contribution < 1.29 is 14.3 Å². The Morgan fingerprint density at radius 1 is 1.28 bits per heavy atom. The molecule has 96 valence electrons. The number of carbonyl (C=O) groups excluding carboxylic acids is 2. The average molecular weight is 266 g/mol. The van der Waals surface area contributed by atoms with Gasteiger partial charge in [0.05, 0.1) is 11.6 Å². The smallest absolute Gasteiger partial charge is 0.338 e. The molecule has 1 aromatic carbocycles. The molecule has 0 spiro atoms. The van der Waals surface area contributed by atoms with Gasteiger partial charge in [-0.2, -0.15) is 11.8 Å². The van der Waals surface area contributed by atoms with Crippen molar-refractivity contribution in [3.8, 4) is 0 Å². The molecule has 0 bridgehead atoms. The van der Waals surface area contributed by atoms with Crippen molar-refractivity contribution in [1.82, 2.24) is 5.32 Å². The van der Waals surface area contributed by atoms with Gasteiger partial charge in [0.2, 0.25) is 0 Å². The summed E-state index contributed by atoms with van der Waals surface area (Å²) in [5.74, 6) is 0.999. The number of benzene rings is 1. The molecule has 1 heterocycles. The lowest BCUT2D eigenvalue weighted by molar-refractivity contribution is 0.0306. The zero-order valence-electron chi connectivity index (χ0n) is 9.67. The summed E-state index contributed by atoms with van der Waals surface area (Å²) < 4.78 is 5.38. The Balaban J connectivity index is 1.96. The van der Waals surface area contributed by atoms with Gasteiger partial charge in [0.15, 0.2) is 0 Å². The number of amides is 2. The number of rotatable bonds is 3. The van der Waals surface area contributed by atoms with Gasteiger partial charge in [0.25, 0.3) is 0 Å². The summed E-state index contributed by atoms with van der Waals surface area (Å²) in [5, 5.41) is 2.59.